The minimum Gasteiger partial charge on any atom is -0.462 e. The predicted molar refractivity (Wildman–Crippen MR) is 312 cm³/mol. The summed E-state index contributed by atoms with van der Waals surface area (Å²) >= 11 is 0. The van der Waals surface area contributed by atoms with Gasteiger partial charge in [-0.25, -0.2) is 0 Å². The Kier molecular flexibility index (Phi) is 59.2. The van der Waals surface area contributed by atoms with E-state index in [9.17, 15) is 14.4 Å². The highest BCUT2D eigenvalue weighted by atomic mass is 16.6. The Hall–Kier alpha value is -2.37. The Bertz CT molecular complexity index is 1210. The third-order valence-corrected chi connectivity index (χ3v) is 14.4. The van der Waals surface area contributed by atoms with Gasteiger partial charge in [-0.2, -0.15) is 0 Å². The van der Waals surface area contributed by atoms with E-state index in [1.807, 2.05) is 0 Å². The SMILES string of the molecule is CC/C=C\C/C=C\C/C=C\CCCCCCCC(=O)OC(COC(=O)CCCCCCCCCCCCCC)COC(=O)CCCCCCCCCCCCCCCCCCCCCCCCCCCCC. The van der Waals surface area contributed by atoms with Gasteiger partial charge in [-0.3, -0.25) is 14.4 Å². The number of hydrogen-bond donors (Lipinski definition) is 0. The van der Waals surface area contributed by atoms with Crippen LogP contribution in [0, 0.1) is 0 Å². The van der Waals surface area contributed by atoms with Crippen LogP contribution in [0.15, 0.2) is 36.5 Å². The molecule has 0 rings (SSSR count). The van der Waals surface area contributed by atoms with Gasteiger partial charge < -0.3 is 14.2 Å². The van der Waals surface area contributed by atoms with E-state index in [-0.39, 0.29) is 31.1 Å². The minimum absolute atomic E-state index is 0.0742. The van der Waals surface area contributed by atoms with Gasteiger partial charge in [-0.15, -0.1) is 0 Å². The maximum absolute atomic E-state index is 12.9. The van der Waals surface area contributed by atoms with Gasteiger partial charge in [-0.05, 0) is 51.4 Å². The first-order valence-electron chi connectivity index (χ1n) is 32.0. The minimum atomic E-state index is -0.777. The Morgan fingerprint density at radius 3 is 0.847 bits per heavy atom. The van der Waals surface area contributed by atoms with E-state index in [0.29, 0.717) is 19.3 Å². The zero-order valence-electron chi connectivity index (χ0n) is 48.5. The summed E-state index contributed by atoms with van der Waals surface area (Å²) in [6, 6.07) is 0. The van der Waals surface area contributed by atoms with E-state index >= 15 is 0 Å². The molecule has 0 aromatic carbocycles. The van der Waals surface area contributed by atoms with E-state index in [1.165, 1.54) is 212 Å². The van der Waals surface area contributed by atoms with Crippen LogP contribution in [0.5, 0.6) is 0 Å². The molecule has 0 saturated heterocycles. The zero-order chi connectivity index (χ0) is 52.2. The molecule has 6 heteroatoms. The smallest absolute Gasteiger partial charge is 0.306 e. The van der Waals surface area contributed by atoms with E-state index in [0.717, 1.165) is 96.3 Å². The molecular formula is C66H122O6. The first kappa shape index (κ1) is 69.6. The Balaban J connectivity index is 4.17. The van der Waals surface area contributed by atoms with Gasteiger partial charge in [0.2, 0.25) is 0 Å². The highest BCUT2D eigenvalue weighted by molar-refractivity contribution is 5.71. The zero-order valence-corrected chi connectivity index (χ0v) is 48.5. The second kappa shape index (κ2) is 61.2. The third kappa shape index (κ3) is 58.5. The van der Waals surface area contributed by atoms with Crippen molar-refractivity contribution in [3.63, 3.8) is 0 Å². The van der Waals surface area contributed by atoms with Crippen molar-refractivity contribution in [3.8, 4) is 0 Å². The molecule has 0 N–H and O–H groups in total. The summed E-state index contributed by atoms with van der Waals surface area (Å²) in [4.78, 5) is 38.2. The van der Waals surface area contributed by atoms with E-state index in [4.69, 9.17) is 14.2 Å². The van der Waals surface area contributed by atoms with Crippen LogP contribution in [0.4, 0.5) is 0 Å². The summed E-state index contributed by atoms with van der Waals surface area (Å²) in [5.74, 6) is -0.870. The number of esters is 3. The number of carbonyl (C=O) groups excluding carboxylic acids is 3. The Morgan fingerprint density at radius 1 is 0.292 bits per heavy atom. The maximum atomic E-state index is 12.9. The van der Waals surface area contributed by atoms with Gasteiger partial charge in [0.15, 0.2) is 6.10 Å². The van der Waals surface area contributed by atoms with Crippen molar-refractivity contribution in [2.45, 2.75) is 354 Å². The highest BCUT2D eigenvalue weighted by Gasteiger charge is 2.19. The first-order valence-corrected chi connectivity index (χ1v) is 32.0. The molecule has 0 amide bonds. The Morgan fingerprint density at radius 2 is 0.542 bits per heavy atom. The van der Waals surface area contributed by atoms with Crippen molar-refractivity contribution in [2.24, 2.45) is 0 Å². The fraction of sp³-hybridized carbons (Fsp3) is 0.864. The van der Waals surface area contributed by atoms with Crippen molar-refractivity contribution in [1.29, 1.82) is 0 Å². The van der Waals surface area contributed by atoms with Crippen molar-refractivity contribution in [1.82, 2.24) is 0 Å². The largest absolute Gasteiger partial charge is 0.462 e. The molecule has 0 spiro atoms. The molecule has 0 aliphatic rings. The Labute approximate surface area is 448 Å². The summed E-state index contributed by atoms with van der Waals surface area (Å²) in [5, 5.41) is 0. The van der Waals surface area contributed by atoms with Crippen molar-refractivity contribution in [2.75, 3.05) is 13.2 Å². The van der Waals surface area contributed by atoms with Crippen LogP contribution in [-0.2, 0) is 28.6 Å². The van der Waals surface area contributed by atoms with Crippen LogP contribution in [0.2, 0.25) is 0 Å². The van der Waals surface area contributed by atoms with Gasteiger partial charge in [-0.1, -0.05) is 314 Å². The molecule has 0 aromatic heterocycles. The van der Waals surface area contributed by atoms with Crippen LogP contribution in [0.1, 0.15) is 348 Å². The lowest BCUT2D eigenvalue weighted by atomic mass is 10.0. The average molecular weight is 1010 g/mol. The molecule has 0 aliphatic heterocycles. The van der Waals surface area contributed by atoms with Crippen LogP contribution in [0.25, 0.3) is 0 Å². The van der Waals surface area contributed by atoms with Crippen LogP contribution in [0.3, 0.4) is 0 Å². The second-order valence-electron chi connectivity index (χ2n) is 21.7. The van der Waals surface area contributed by atoms with Gasteiger partial charge in [0, 0.05) is 19.3 Å². The molecular weight excluding hydrogens is 889 g/mol. The standard InChI is InChI=1S/C66H122O6/c1-4-7-10-13-16-19-22-25-27-28-29-30-31-32-33-34-35-36-37-38-40-41-44-47-50-53-56-59-65(68)71-62-63(61-70-64(67)58-55-52-49-46-43-24-21-18-15-12-9-6-3)72-66(69)60-57-54-51-48-45-42-39-26-23-20-17-14-11-8-5-2/h8,11,17,20,26,39,63H,4-7,9-10,12-16,18-19,21-25,27-38,40-62H2,1-3H3/b11-8-,20-17-,39-26-. The summed E-state index contributed by atoms with van der Waals surface area (Å²) in [6.45, 7) is 6.57. The van der Waals surface area contributed by atoms with Crippen LogP contribution >= 0.6 is 0 Å². The molecule has 1 unspecified atom stereocenters. The molecule has 1 atom stereocenters. The summed E-state index contributed by atoms with van der Waals surface area (Å²) in [7, 11) is 0. The number of ether oxygens (including phenoxy) is 3. The number of rotatable bonds is 59. The predicted octanol–water partition coefficient (Wildman–Crippen LogP) is 21.6. The summed E-state index contributed by atoms with van der Waals surface area (Å²) < 4.78 is 16.9. The van der Waals surface area contributed by atoms with E-state index in [2.05, 4.69) is 57.2 Å². The topological polar surface area (TPSA) is 78.9 Å². The average Bonchev–Trinajstić information content (AvgIpc) is 3.38. The fourth-order valence-corrected chi connectivity index (χ4v) is 9.64. The number of allylic oxidation sites excluding steroid dienone is 6. The number of hydrogen-bond acceptors (Lipinski definition) is 6. The molecule has 0 aliphatic carbocycles. The van der Waals surface area contributed by atoms with Gasteiger partial charge in [0.25, 0.3) is 0 Å². The van der Waals surface area contributed by atoms with Crippen molar-refractivity contribution in [3.05, 3.63) is 36.5 Å². The third-order valence-electron chi connectivity index (χ3n) is 14.4. The second-order valence-corrected chi connectivity index (χ2v) is 21.7. The van der Waals surface area contributed by atoms with Crippen LogP contribution in [-0.4, -0.2) is 37.2 Å². The lowest BCUT2D eigenvalue weighted by Gasteiger charge is -2.18. The lowest BCUT2D eigenvalue weighted by Crippen LogP contribution is -2.30. The molecule has 6 nitrogen and oxygen atoms in total. The van der Waals surface area contributed by atoms with Crippen molar-refractivity contribution < 1.29 is 28.6 Å². The lowest BCUT2D eigenvalue weighted by molar-refractivity contribution is -0.167. The van der Waals surface area contributed by atoms with Gasteiger partial charge in [0.05, 0.1) is 0 Å². The maximum Gasteiger partial charge on any atom is 0.306 e. The molecule has 0 fully saturated rings. The monoisotopic (exact) mass is 1010 g/mol. The molecule has 0 bridgehead atoms. The fourth-order valence-electron chi connectivity index (χ4n) is 9.64. The number of unbranched alkanes of at least 4 members (excludes halogenated alkanes) is 42. The highest BCUT2D eigenvalue weighted by Crippen LogP contribution is 2.18. The van der Waals surface area contributed by atoms with E-state index < -0.39 is 6.10 Å². The van der Waals surface area contributed by atoms with Crippen LogP contribution < -0.4 is 0 Å². The molecule has 0 heterocycles. The summed E-state index contributed by atoms with van der Waals surface area (Å²) in [6.07, 6.45) is 74.5. The van der Waals surface area contributed by atoms with Gasteiger partial charge in [0.1, 0.15) is 13.2 Å². The molecule has 0 saturated carbocycles. The number of carbonyl (C=O) groups is 3. The quantitative estimate of drug-likeness (QED) is 0.0261. The van der Waals surface area contributed by atoms with E-state index in [1.54, 1.807) is 0 Å². The normalized spacial score (nSPS) is 12.2. The molecule has 0 radical (unpaired) electrons. The molecule has 422 valence electrons. The molecule has 0 aromatic rings. The van der Waals surface area contributed by atoms with Gasteiger partial charge >= 0.3 is 17.9 Å². The van der Waals surface area contributed by atoms with Crippen molar-refractivity contribution >= 4 is 17.9 Å². The summed E-state index contributed by atoms with van der Waals surface area (Å²) in [5.41, 5.74) is 0. The first-order chi connectivity index (χ1) is 35.5. The molecule has 72 heavy (non-hydrogen) atoms.